The maximum absolute atomic E-state index is 13.7. The first-order valence-electron chi connectivity index (χ1n) is 5.58. The minimum atomic E-state index is -0.834. The Labute approximate surface area is 112 Å². The molecule has 1 aromatic carbocycles. The summed E-state index contributed by atoms with van der Waals surface area (Å²) in [5, 5.41) is 0. The first-order chi connectivity index (χ1) is 8.49. The fraction of sp³-hybridized carbons (Fsp3) is 0.308. The number of benzene rings is 1. The number of rotatable bonds is 1. The lowest BCUT2D eigenvalue weighted by Gasteiger charge is -2.26. The monoisotopic (exact) mass is 315 g/mol. The lowest BCUT2D eigenvalue weighted by atomic mass is 10.1. The maximum atomic E-state index is 13.7. The normalized spacial score (nSPS) is 15.6. The number of carbonyl (C=O) groups excluding carboxylic acids is 1. The number of hydrogen-bond acceptors (Lipinski definition) is 1. The Morgan fingerprint density at radius 2 is 1.94 bits per heavy atom. The third kappa shape index (κ3) is 2.61. The van der Waals surface area contributed by atoms with Crippen molar-refractivity contribution >= 4 is 21.8 Å². The highest BCUT2D eigenvalue weighted by Crippen LogP contribution is 2.22. The van der Waals surface area contributed by atoms with E-state index in [1.54, 1.807) is 0 Å². The number of hydrogen-bond donors (Lipinski definition) is 0. The number of halogens is 3. The Balaban J connectivity index is 2.32. The molecule has 5 heteroatoms. The van der Waals surface area contributed by atoms with E-state index in [0.29, 0.717) is 13.1 Å². The molecule has 0 bridgehead atoms. The SMILES string of the molecule is CC1=CCCN(C(=O)c2c(F)cc(Br)cc2F)C1. The quantitative estimate of drug-likeness (QED) is 0.726. The zero-order valence-corrected chi connectivity index (χ0v) is 11.4. The fourth-order valence-electron chi connectivity index (χ4n) is 1.99. The van der Waals surface area contributed by atoms with Gasteiger partial charge in [-0.1, -0.05) is 27.6 Å². The van der Waals surface area contributed by atoms with Gasteiger partial charge in [-0.2, -0.15) is 0 Å². The zero-order chi connectivity index (χ0) is 13.3. The van der Waals surface area contributed by atoms with Crippen LogP contribution in [0.15, 0.2) is 28.3 Å². The standard InChI is InChI=1S/C13H12BrF2NO/c1-8-3-2-4-17(7-8)13(18)12-10(15)5-9(14)6-11(12)16/h3,5-6H,2,4,7H2,1H3. The summed E-state index contributed by atoms with van der Waals surface area (Å²) >= 11 is 2.99. The Morgan fingerprint density at radius 1 is 1.33 bits per heavy atom. The van der Waals surface area contributed by atoms with Crippen molar-refractivity contribution in [3.8, 4) is 0 Å². The first kappa shape index (κ1) is 13.2. The number of nitrogens with zero attached hydrogens (tertiary/aromatic N) is 1. The highest BCUT2D eigenvalue weighted by Gasteiger charge is 2.24. The molecule has 0 atom stereocenters. The summed E-state index contributed by atoms with van der Waals surface area (Å²) < 4.78 is 27.6. The third-order valence-electron chi connectivity index (χ3n) is 2.84. The van der Waals surface area contributed by atoms with Gasteiger partial charge in [0.15, 0.2) is 0 Å². The second-order valence-electron chi connectivity index (χ2n) is 4.31. The minimum Gasteiger partial charge on any atom is -0.334 e. The predicted molar refractivity (Wildman–Crippen MR) is 68.3 cm³/mol. The van der Waals surface area contributed by atoms with Crippen LogP contribution in [0.4, 0.5) is 8.78 Å². The molecule has 0 fully saturated rings. The van der Waals surface area contributed by atoms with Gasteiger partial charge in [0.1, 0.15) is 17.2 Å². The minimum absolute atomic E-state index is 0.281. The largest absolute Gasteiger partial charge is 0.334 e. The van der Waals surface area contributed by atoms with Crippen LogP contribution in [0, 0.1) is 11.6 Å². The van der Waals surface area contributed by atoms with Crippen molar-refractivity contribution in [3.05, 3.63) is 45.5 Å². The molecule has 2 nitrogen and oxygen atoms in total. The molecule has 0 radical (unpaired) electrons. The smallest absolute Gasteiger partial charge is 0.260 e. The average molecular weight is 316 g/mol. The molecule has 18 heavy (non-hydrogen) atoms. The highest BCUT2D eigenvalue weighted by molar-refractivity contribution is 9.10. The number of carbonyl (C=O) groups is 1. The van der Waals surface area contributed by atoms with Crippen LogP contribution in [0.5, 0.6) is 0 Å². The summed E-state index contributed by atoms with van der Waals surface area (Å²) in [6, 6.07) is 2.20. The molecule has 0 saturated carbocycles. The van der Waals surface area contributed by atoms with Crippen LogP contribution in [0.2, 0.25) is 0 Å². The average Bonchev–Trinajstić information content (AvgIpc) is 2.27. The van der Waals surface area contributed by atoms with Crippen molar-refractivity contribution in [3.63, 3.8) is 0 Å². The van der Waals surface area contributed by atoms with Gasteiger partial charge in [-0.3, -0.25) is 4.79 Å². The molecule has 1 aliphatic rings. The molecule has 1 amide bonds. The van der Waals surface area contributed by atoms with E-state index in [1.807, 2.05) is 13.0 Å². The van der Waals surface area contributed by atoms with Gasteiger partial charge in [0.05, 0.1) is 0 Å². The van der Waals surface area contributed by atoms with Gasteiger partial charge >= 0.3 is 0 Å². The summed E-state index contributed by atoms with van der Waals surface area (Å²) in [7, 11) is 0. The molecule has 2 rings (SSSR count). The lowest BCUT2D eigenvalue weighted by Crippen LogP contribution is -2.36. The molecule has 1 aromatic rings. The second kappa shape index (κ2) is 5.18. The van der Waals surface area contributed by atoms with Crippen LogP contribution < -0.4 is 0 Å². The van der Waals surface area contributed by atoms with Crippen LogP contribution in [0.25, 0.3) is 0 Å². The molecular formula is C13H12BrF2NO. The molecule has 0 spiro atoms. The highest BCUT2D eigenvalue weighted by atomic mass is 79.9. The van der Waals surface area contributed by atoms with E-state index in [0.717, 1.165) is 24.1 Å². The molecule has 0 unspecified atom stereocenters. The van der Waals surface area contributed by atoms with Gasteiger partial charge < -0.3 is 4.90 Å². The van der Waals surface area contributed by atoms with E-state index in [2.05, 4.69) is 15.9 Å². The summed E-state index contributed by atoms with van der Waals surface area (Å²) in [5.74, 6) is -2.26. The van der Waals surface area contributed by atoms with Crippen molar-refractivity contribution in [1.29, 1.82) is 0 Å². The topological polar surface area (TPSA) is 20.3 Å². The van der Waals surface area contributed by atoms with Crippen molar-refractivity contribution in [2.75, 3.05) is 13.1 Å². The van der Waals surface area contributed by atoms with Gasteiger partial charge in [0, 0.05) is 17.6 Å². The van der Waals surface area contributed by atoms with Crippen LogP contribution in [-0.2, 0) is 0 Å². The molecule has 1 heterocycles. The molecule has 0 N–H and O–H groups in total. The van der Waals surface area contributed by atoms with Crippen LogP contribution in [0.1, 0.15) is 23.7 Å². The summed E-state index contributed by atoms with van der Waals surface area (Å²) in [6.45, 7) is 2.81. The predicted octanol–water partition coefficient (Wildman–Crippen LogP) is 3.52. The van der Waals surface area contributed by atoms with E-state index in [-0.39, 0.29) is 4.47 Å². The molecule has 0 saturated heterocycles. The van der Waals surface area contributed by atoms with E-state index < -0.39 is 23.1 Å². The maximum Gasteiger partial charge on any atom is 0.260 e. The van der Waals surface area contributed by atoms with Crippen molar-refractivity contribution in [1.82, 2.24) is 4.90 Å². The Morgan fingerprint density at radius 3 is 2.50 bits per heavy atom. The van der Waals surface area contributed by atoms with E-state index in [1.165, 1.54) is 4.90 Å². The third-order valence-corrected chi connectivity index (χ3v) is 3.30. The van der Waals surface area contributed by atoms with Crippen LogP contribution in [0.3, 0.4) is 0 Å². The molecule has 1 aliphatic heterocycles. The first-order valence-corrected chi connectivity index (χ1v) is 6.38. The second-order valence-corrected chi connectivity index (χ2v) is 5.23. The molecule has 0 aromatic heterocycles. The van der Waals surface area contributed by atoms with E-state index in [9.17, 15) is 13.6 Å². The van der Waals surface area contributed by atoms with Crippen molar-refractivity contribution < 1.29 is 13.6 Å². The fourth-order valence-corrected chi connectivity index (χ4v) is 2.39. The summed E-state index contributed by atoms with van der Waals surface area (Å²) in [6.07, 6.45) is 2.75. The van der Waals surface area contributed by atoms with Crippen molar-refractivity contribution in [2.24, 2.45) is 0 Å². The summed E-state index contributed by atoms with van der Waals surface area (Å²) in [4.78, 5) is 13.6. The molecular weight excluding hydrogens is 304 g/mol. The van der Waals surface area contributed by atoms with Gasteiger partial charge in [0.2, 0.25) is 0 Å². The summed E-state index contributed by atoms with van der Waals surface area (Å²) in [5.41, 5.74) is 0.556. The van der Waals surface area contributed by atoms with Crippen molar-refractivity contribution in [2.45, 2.75) is 13.3 Å². The molecule has 96 valence electrons. The Bertz CT molecular complexity index is 505. The van der Waals surface area contributed by atoms with Gasteiger partial charge in [-0.05, 0) is 25.5 Å². The Kier molecular flexibility index (Phi) is 3.80. The molecule has 0 aliphatic carbocycles. The van der Waals surface area contributed by atoms with Gasteiger partial charge in [-0.15, -0.1) is 0 Å². The zero-order valence-electron chi connectivity index (χ0n) is 9.84. The van der Waals surface area contributed by atoms with Gasteiger partial charge in [-0.25, -0.2) is 8.78 Å². The number of amides is 1. The van der Waals surface area contributed by atoms with Gasteiger partial charge in [0.25, 0.3) is 5.91 Å². The Hall–Kier alpha value is -1.23. The van der Waals surface area contributed by atoms with E-state index in [4.69, 9.17) is 0 Å². The lowest BCUT2D eigenvalue weighted by molar-refractivity contribution is 0.0756. The van der Waals surface area contributed by atoms with Crippen LogP contribution >= 0.6 is 15.9 Å². The van der Waals surface area contributed by atoms with Crippen LogP contribution in [-0.4, -0.2) is 23.9 Å². The van der Waals surface area contributed by atoms with E-state index >= 15 is 0 Å².